The Morgan fingerprint density at radius 1 is 0.939 bits per heavy atom. The third-order valence-corrected chi connectivity index (χ3v) is 5.61. The summed E-state index contributed by atoms with van der Waals surface area (Å²) in [7, 11) is 0. The number of imidazole rings is 2. The number of nitrogens with zero attached hydrogens (tertiary/aromatic N) is 5. The molecule has 7 nitrogen and oxygen atoms in total. The molecule has 1 N–H and O–H groups in total. The predicted molar refractivity (Wildman–Crippen MR) is 127 cm³/mol. The van der Waals surface area contributed by atoms with Gasteiger partial charge in [-0.25, -0.2) is 9.97 Å². The smallest absolute Gasteiger partial charge is 0.272 e. The quantitative estimate of drug-likeness (QED) is 0.420. The van der Waals surface area contributed by atoms with Gasteiger partial charge in [0.1, 0.15) is 11.5 Å². The lowest BCUT2D eigenvalue weighted by Gasteiger charge is -2.04. The fourth-order valence-corrected chi connectivity index (χ4v) is 3.90. The van der Waals surface area contributed by atoms with E-state index in [0.717, 1.165) is 35.6 Å². The molecule has 5 aromatic rings. The van der Waals surface area contributed by atoms with Crippen molar-refractivity contribution in [3.05, 3.63) is 108 Å². The van der Waals surface area contributed by atoms with Crippen molar-refractivity contribution in [1.29, 1.82) is 0 Å². The summed E-state index contributed by atoms with van der Waals surface area (Å²) in [6.45, 7) is 3.23. The van der Waals surface area contributed by atoms with E-state index in [4.69, 9.17) is 9.97 Å². The summed E-state index contributed by atoms with van der Waals surface area (Å²) in [5.74, 6) is 1.35. The number of rotatable bonds is 7. The van der Waals surface area contributed by atoms with Gasteiger partial charge in [-0.15, -0.1) is 0 Å². The molecule has 33 heavy (non-hydrogen) atoms. The summed E-state index contributed by atoms with van der Waals surface area (Å²) in [4.78, 5) is 26.5. The van der Waals surface area contributed by atoms with Crippen LogP contribution in [0.1, 0.15) is 27.4 Å². The molecule has 7 heteroatoms. The molecule has 0 atom stereocenters. The average Bonchev–Trinajstić information content (AvgIpc) is 3.41. The molecule has 1 aromatic carbocycles. The number of nitrogens with one attached hydrogen (secondary N) is 1. The number of hydrogen-bond acceptors (Lipinski definition) is 4. The Hall–Kier alpha value is -4.26. The van der Waals surface area contributed by atoms with Crippen LogP contribution in [0.2, 0.25) is 0 Å². The van der Waals surface area contributed by atoms with Crippen molar-refractivity contribution in [1.82, 2.24) is 29.2 Å². The van der Waals surface area contributed by atoms with Gasteiger partial charge in [0.05, 0.1) is 5.52 Å². The molecule has 4 aromatic heterocycles. The molecule has 0 aliphatic carbocycles. The molecule has 0 aliphatic rings. The SMILES string of the molecule is Cc1nc(-c2nc(C(=O)NCCc3ccncc3)c3ccccn23)cn1Cc1ccccc1. The number of aryl methyl sites for hydroxylation is 1. The zero-order valence-corrected chi connectivity index (χ0v) is 18.3. The van der Waals surface area contributed by atoms with Crippen molar-refractivity contribution >= 4 is 11.4 Å². The van der Waals surface area contributed by atoms with E-state index in [-0.39, 0.29) is 5.91 Å². The van der Waals surface area contributed by atoms with E-state index in [9.17, 15) is 4.79 Å². The number of benzene rings is 1. The van der Waals surface area contributed by atoms with E-state index in [1.807, 2.05) is 72.2 Å². The maximum absolute atomic E-state index is 13.0. The number of carbonyl (C=O) groups is 1. The van der Waals surface area contributed by atoms with Gasteiger partial charge in [-0.05, 0) is 48.7 Å². The Morgan fingerprint density at radius 3 is 2.55 bits per heavy atom. The highest BCUT2D eigenvalue weighted by atomic mass is 16.1. The number of hydrogen-bond donors (Lipinski definition) is 1. The summed E-state index contributed by atoms with van der Waals surface area (Å²) in [5.41, 5.74) is 4.21. The first-order chi connectivity index (χ1) is 16.2. The first-order valence-corrected chi connectivity index (χ1v) is 10.9. The van der Waals surface area contributed by atoms with Crippen molar-refractivity contribution in [2.24, 2.45) is 0 Å². The Morgan fingerprint density at radius 2 is 1.73 bits per heavy atom. The summed E-state index contributed by atoms with van der Waals surface area (Å²) in [6, 6.07) is 19.9. The van der Waals surface area contributed by atoms with Crippen molar-refractivity contribution in [3.63, 3.8) is 0 Å². The van der Waals surface area contributed by atoms with Crippen LogP contribution in [0.4, 0.5) is 0 Å². The molecule has 0 saturated heterocycles. The zero-order valence-electron chi connectivity index (χ0n) is 18.3. The minimum Gasteiger partial charge on any atom is -0.350 e. The van der Waals surface area contributed by atoms with Crippen LogP contribution in [0, 0.1) is 6.92 Å². The van der Waals surface area contributed by atoms with Crippen LogP contribution in [0.25, 0.3) is 17.0 Å². The van der Waals surface area contributed by atoms with Gasteiger partial charge < -0.3 is 9.88 Å². The second-order valence-electron chi connectivity index (χ2n) is 7.89. The Balaban J connectivity index is 1.41. The normalized spacial score (nSPS) is 11.1. The van der Waals surface area contributed by atoms with E-state index < -0.39 is 0 Å². The van der Waals surface area contributed by atoms with Gasteiger partial charge in [-0.2, -0.15) is 0 Å². The van der Waals surface area contributed by atoms with E-state index in [1.165, 1.54) is 5.56 Å². The highest BCUT2D eigenvalue weighted by Gasteiger charge is 2.20. The minimum absolute atomic E-state index is 0.195. The van der Waals surface area contributed by atoms with Gasteiger partial charge in [0.25, 0.3) is 5.91 Å². The topological polar surface area (TPSA) is 77.1 Å². The van der Waals surface area contributed by atoms with Gasteiger partial charge in [0.2, 0.25) is 0 Å². The van der Waals surface area contributed by atoms with Gasteiger partial charge in [0.15, 0.2) is 11.5 Å². The Bertz CT molecular complexity index is 1390. The number of amides is 1. The highest BCUT2D eigenvalue weighted by molar-refractivity contribution is 6.00. The summed E-state index contributed by atoms with van der Waals surface area (Å²) in [6.07, 6.45) is 8.15. The molecule has 1 amide bonds. The average molecular weight is 437 g/mol. The maximum Gasteiger partial charge on any atom is 0.272 e. The number of fused-ring (bicyclic) bond motifs is 1. The number of pyridine rings is 2. The van der Waals surface area contributed by atoms with Crippen molar-refractivity contribution in [3.8, 4) is 11.5 Å². The van der Waals surface area contributed by atoms with Crippen LogP contribution in [-0.2, 0) is 13.0 Å². The monoisotopic (exact) mass is 436 g/mol. The van der Waals surface area contributed by atoms with E-state index >= 15 is 0 Å². The van der Waals surface area contributed by atoms with Gasteiger partial charge in [-0.1, -0.05) is 36.4 Å². The fourth-order valence-electron chi connectivity index (χ4n) is 3.90. The molecule has 0 spiro atoms. The fraction of sp³-hybridized carbons (Fsp3) is 0.154. The first kappa shape index (κ1) is 20.6. The third kappa shape index (κ3) is 4.39. The van der Waals surface area contributed by atoms with Gasteiger partial charge in [0, 0.05) is 37.9 Å². The number of carbonyl (C=O) groups excluding carboxylic acids is 1. The Kier molecular flexibility index (Phi) is 5.68. The second-order valence-corrected chi connectivity index (χ2v) is 7.89. The van der Waals surface area contributed by atoms with Crippen LogP contribution in [0.5, 0.6) is 0 Å². The van der Waals surface area contributed by atoms with Crippen LogP contribution in [0.3, 0.4) is 0 Å². The Labute approximate surface area is 191 Å². The summed E-state index contributed by atoms with van der Waals surface area (Å²) < 4.78 is 4.02. The molecule has 164 valence electrons. The van der Waals surface area contributed by atoms with Crippen LogP contribution in [-0.4, -0.2) is 36.4 Å². The predicted octanol–water partition coefficient (Wildman–Crippen LogP) is 3.92. The molecule has 4 heterocycles. The van der Waals surface area contributed by atoms with Gasteiger partial charge >= 0.3 is 0 Å². The van der Waals surface area contributed by atoms with E-state index in [0.29, 0.717) is 18.1 Å². The lowest BCUT2D eigenvalue weighted by molar-refractivity contribution is 0.0951. The maximum atomic E-state index is 13.0. The van der Waals surface area contributed by atoms with Crippen molar-refractivity contribution < 1.29 is 4.79 Å². The molecule has 0 unspecified atom stereocenters. The molecule has 0 saturated carbocycles. The van der Waals surface area contributed by atoms with Crippen LogP contribution >= 0.6 is 0 Å². The number of aromatic nitrogens is 5. The second kappa shape index (κ2) is 9.08. The lowest BCUT2D eigenvalue weighted by Crippen LogP contribution is -2.26. The van der Waals surface area contributed by atoms with Crippen molar-refractivity contribution in [2.45, 2.75) is 19.9 Å². The molecular weight excluding hydrogens is 412 g/mol. The summed E-state index contributed by atoms with van der Waals surface area (Å²) in [5, 5.41) is 2.99. The standard InChI is InChI=1S/C26H24N6O/c1-19-29-22(18-31(19)17-21-7-3-2-4-8-21)25-30-24(23-9-5-6-16-32(23)25)26(33)28-15-12-20-10-13-27-14-11-20/h2-11,13-14,16,18H,12,15,17H2,1H3,(H,28,33). The molecule has 0 bridgehead atoms. The molecule has 0 fully saturated rings. The van der Waals surface area contributed by atoms with Crippen LogP contribution in [0.15, 0.2) is 85.5 Å². The minimum atomic E-state index is -0.195. The third-order valence-electron chi connectivity index (χ3n) is 5.61. The van der Waals surface area contributed by atoms with Crippen LogP contribution < -0.4 is 5.32 Å². The van der Waals surface area contributed by atoms with E-state index in [1.54, 1.807) is 12.4 Å². The largest absolute Gasteiger partial charge is 0.350 e. The highest BCUT2D eigenvalue weighted by Crippen LogP contribution is 2.23. The molecule has 0 aliphatic heterocycles. The lowest BCUT2D eigenvalue weighted by atomic mass is 10.2. The van der Waals surface area contributed by atoms with Gasteiger partial charge in [-0.3, -0.25) is 14.2 Å². The molecule has 0 radical (unpaired) electrons. The summed E-state index contributed by atoms with van der Waals surface area (Å²) >= 11 is 0. The van der Waals surface area contributed by atoms with E-state index in [2.05, 4.69) is 27.0 Å². The van der Waals surface area contributed by atoms with Crippen molar-refractivity contribution in [2.75, 3.05) is 6.54 Å². The first-order valence-electron chi connectivity index (χ1n) is 10.9. The molecular formula is C26H24N6O. The molecule has 5 rings (SSSR count). The zero-order chi connectivity index (χ0) is 22.6.